The fourth-order valence-corrected chi connectivity index (χ4v) is 3.22. The van der Waals surface area contributed by atoms with Crippen molar-refractivity contribution in [3.8, 4) is 11.5 Å². The molecule has 0 bridgehead atoms. The second-order valence-corrected chi connectivity index (χ2v) is 6.95. The van der Waals surface area contributed by atoms with Gasteiger partial charge in [-0.15, -0.1) is 0 Å². The van der Waals surface area contributed by atoms with Crippen LogP contribution in [0, 0.1) is 0 Å². The third-order valence-electron chi connectivity index (χ3n) is 4.32. The Morgan fingerprint density at radius 3 is 2.71 bits per heavy atom. The summed E-state index contributed by atoms with van der Waals surface area (Å²) < 4.78 is 49.7. The molecular formula is C20H19ClF3NO3. The van der Waals surface area contributed by atoms with Gasteiger partial charge in [-0.3, -0.25) is 4.79 Å². The number of benzene rings is 2. The van der Waals surface area contributed by atoms with Crippen LogP contribution in [0.25, 0.3) is 0 Å². The third-order valence-corrected chi connectivity index (χ3v) is 4.60. The van der Waals surface area contributed by atoms with Crippen molar-refractivity contribution < 1.29 is 27.4 Å². The molecule has 1 atom stereocenters. The predicted octanol–water partition coefficient (Wildman–Crippen LogP) is 4.94. The molecule has 1 N–H and O–H groups in total. The molecular weight excluding hydrogens is 395 g/mol. The lowest BCUT2D eigenvalue weighted by Gasteiger charge is -2.17. The molecule has 2 aromatic rings. The van der Waals surface area contributed by atoms with Gasteiger partial charge in [-0.2, -0.15) is 13.2 Å². The van der Waals surface area contributed by atoms with Crippen LogP contribution in [-0.4, -0.2) is 19.1 Å². The van der Waals surface area contributed by atoms with E-state index in [2.05, 4.69) is 5.32 Å². The summed E-state index contributed by atoms with van der Waals surface area (Å²) in [4.78, 5) is 12.4. The molecule has 2 aromatic carbocycles. The first-order valence-electron chi connectivity index (χ1n) is 8.78. The van der Waals surface area contributed by atoms with Gasteiger partial charge in [0.25, 0.3) is 0 Å². The van der Waals surface area contributed by atoms with Crippen LogP contribution in [0.15, 0.2) is 36.4 Å². The summed E-state index contributed by atoms with van der Waals surface area (Å²) in [5.41, 5.74) is 0.253. The van der Waals surface area contributed by atoms with Crippen molar-refractivity contribution in [1.29, 1.82) is 0 Å². The molecule has 0 saturated heterocycles. The Labute approximate surface area is 165 Å². The molecule has 0 saturated carbocycles. The van der Waals surface area contributed by atoms with Gasteiger partial charge in [-0.05, 0) is 42.3 Å². The van der Waals surface area contributed by atoms with Crippen molar-refractivity contribution in [1.82, 2.24) is 5.32 Å². The maximum atomic E-state index is 12.9. The molecule has 0 aromatic heterocycles. The van der Waals surface area contributed by atoms with Crippen LogP contribution in [0.1, 0.15) is 36.1 Å². The lowest BCUT2D eigenvalue weighted by Crippen LogP contribution is -2.28. The standard InChI is InChI=1S/C20H19ClF3NO3/c1-12(14-4-2-5-15(11-14)20(22,23)24)25-18(26)10-13-8-16(21)19-17(9-13)27-6-3-7-28-19/h2,4-5,8-9,11-12H,3,6-7,10H2,1H3,(H,25,26). The number of amides is 1. The molecule has 0 spiro atoms. The van der Waals surface area contributed by atoms with Crippen LogP contribution < -0.4 is 14.8 Å². The van der Waals surface area contributed by atoms with E-state index in [1.165, 1.54) is 6.07 Å². The van der Waals surface area contributed by atoms with Crippen molar-refractivity contribution >= 4 is 17.5 Å². The second kappa shape index (κ2) is 8.31. The number of hydrogen-bond donors (Lipinski definition) is 1. The number of halogens is 4. The van der Waals surface area contributed by atoms with Gasteiger partial charge in [0.2, 0.25) is 5.91 Å². The average molecular weight is 414 g/mol. The number of carbonyl (C=O) groups is 1. The molecule has 1 unspecified atom stereocenters. The molecule has 150 valence electrons. The zero-order valence-electron chi connectivity index (χ0n) is 15.1. The maximum absolute atomic E-state index is 12.9. The molecule has 1 amide bonds. The normalized spacial score (nSPS) is 14.9. The minimum Gasteiger partial charge on any atom is -0.489 e. The lowest BCUT2D eigenvalue weighted by molar-refractivity contribution is -0.137. The zero-order valence-corrected chi connectivity index (χ0v) is 15.9. The zero-order chi connectivity index (χ0) is 20.3. The van der Waals surface area contributed by atoms with Crippen LogP contribution in [0.3, 0.4) is 0 Å². The Balaban J connectivity index is 1.69. The van der Waals surface area contributed by atoms with E-state index in [-0.39, 0.29) is 12.3 Å². The summed E-state index contributed by atoms with van der Waals surface area (Å²) in [6.45, 7) is 2.63. The Morgan fingerprint density at radius 2 is 1.96 bits per heavy atom. The van der Waals surface area contributed by atoms with Gasteiger partial charge in [-0.25, -0.2) is 0 Å². The van der Waals surface area contributed by atoms with Gasteiger partial charge < -0.3 is 14.8 Å². The summed E-state index contributed by atoms with van der Waals surface area (Å²) >= 11 is 6.22. The van der Waals surface area contributed by atoms with Gasteiger partial charge in [-0.1, -0.05) is 23.7 Å². The summed E-state index contributed by atoms with van der Waals surface area (Å²) in [5, 5.41) is 3.07. The highest BCUT2D eigenvalue weighted by atomic mass is 35.5. The van der Waals surface area contributed by atoms with Crippen LogP contribution in [0.4, 0.5) is 13.2 Å². The molecule has 1 aliphatic rings. The Bertz CT molecular complexity index is 870. The Morgan fingerprint density at radius 1 is 1.21 bits per heavy atom. The van der Waals surface area contributed by atoms with E-state index in [1.807, 2.05) is 0 Å². The summed E-state index contributed by atoms with van der Waals surface area (Å²) in [7, 11) is 0. The molecule has 0 radical (unpaired) electrons. The van der Waals surface area contributed by atoms with Crippen molar-refractivity contribution in [3.63, 3.8) is 0 Å². The molecule has 8 heteroatoms. The van der Waals surface area contributed by atoms with Gasteiger partial charge >= 0.3 is 6.18 Å². The van der Waals surface area contributed by atoms with E-state index < -0.39 is 17.8 Å². The van der Waals surface area contributed by atoms with Gasteiger partial charge in [0, 0.05) is 6.42 Å². The molecule has 1 heterocycles. The van der Waals surface area contributed by atoms with E-state index >= 15 is 0 Å². The molecule has 0 aliphatic carbocycles. The van der Waals surface area contributed by atoms with Crippen LogP contribution in [0.5, 0.6) is 11.5 Å². The van der Waals surface area contributed by atoms with Crippen molar-refractivity contribution in [2.75, 3.05) is 13.2 Å². The van der Waals surface area contributed by atoms with E-state index in [9.17, 15) is 18.0 Å². The number of carbonyl (C=O) groups excluding carboxylic acids is 1. The van der Waals surface area contributed by atoms with Gasteiger partial charge in [0.05, 0.1) is 36.3 Å². The monoisotopic (exact) mass is 413 g/mol. The summed E-state index contributed by atoms with van der Waals surface area (Å²) in [6, 6.07) is 7.65. The smallest absolute Gasteiger partial charge is 0.416 e. The Hall–Kier alpha value is -2.41. The average Bonchev–Trinajstić information content (AvgIpc) is 2.87. The van der Waals surface area contributed by atoms with Crippen molar-refractivity contribution in [2.24, 2.45) is 0 Å². The summed E-state index contributed by atoms with van der Waals surface area (Å²) in [6.07, 6.45) is -3.69. The highest BCUT2D eigenvalue weighted by Crippen LogP contribution is 2.38. The topological polar surface area (TPSA) is 47.6 Å². The van der Waals surface area contributed by atoms with Crippen LogP contribution in [0.2, 0.25) is 5.02 Å². The Kier molecular flexibility index (Phi) is 6.03. The van der Waals surface area contributed by atoms with E-state index in [0.29, 0.717) is 40.9 Å². The number of alkyl halides is 3. The van der Waals surface area contributed by atoms with Gasteiger partial charge in [0.15, 0.2) is 11.5 Å². The van der Waals surface area contributed by atoms with Crippen LogP contribution in [-0.2, 0) is 17.4 Å². The van der Waals surface area contributed by atoms with E-state index in [0.717, 1.165) is 18.6 Å². The predicted molar refractivity (Wildman–Crippen MR) is 98.8 cm³/mol. The lowest BCUT2D eigenvalue weighted by atomic mass is 10.0. The minimum absolute atomic E-state index is 0.0136. The largest absolute Gasteiger partial charge is 0.489 e. The SMILES string of the molecule is CC(NC(=O)Cc1cc(Cl)c2c(c1)OCCCO2)c1cccc(C(F)(F)F)c1. The van der Waals surface area contributed by atoms with Crippen molar-refractivity contribution in [2.45, 2.75) is 32.0 Å². The molecule has 3 rings (SSSR count). The molecule has 28 heavy (non-hydrogen) atoms. The fraction of sp³-hybridized carbons (Fsp3) is 0.350. The minimum atomic E-state index is -4.43. The third kappa shape index (κ3) is 4.90. The first-order chi connectivity index (χ1) is 13.2. The molecule has 1 aliphatic heterocycles. The first kappa shape index (κ1) is 20.3. The first-order valence-corrected chi connectivity index (χ1v) is 9.16. The highest BCUT2D eigenvalue weighted by molar-refractivity contribution is 6.32. The van der Waals surface area contributed by atoms with Crippen molar-refractivity contribution in [3.05, 3.63) is 58.1 Å². The highest BCUT2D eigenvalue weighted by Gasteiger charge is 2.30. The number of hydrogen-bond acceptors (Lipinski definition) is 3. The van der Waals surface area contributed by atoms with E-state index in [1.54, 1.807) is 25.1 Å². The number of ether oxygens (including phenoxy) is 2. The number of fused-ring (bicyclic) bond motifs is 1. The van der Waals surface area contributed by atoms with E-state index in [4.69, 9.17) is 21.1 Å². The summed E-state index contributed by atoms with van der Waals surface area (Å²) in [5.74, 6) is 0.606. The maximum Gasteiger partial charge on any atom is 0.416 e. The number of nitrogens with one attached hydrogen (secondary N) is 1. The second-order valence-electron chi connectivity index (χ2n) is 6.54. The quantitative estimate of drug-likeness (QED) is 0.772. The fourth-order valence-electron chi connectivity index (χ4n) is 2.93. The van der Waals surface area contributed by atoms with Crippen LogP contribution >= 0.6 is 11.6 Å². The molecule has 0 fully saturated rings. The van der Waals surface area contributed by atoms with Gasteiger partial charge in [0.1, 0.15) is 0 Å². The number of rotatable bonds is 4. The molecule has 4 nitrogen and oxygen atoms in total.